The average Bonchev–Trinajstić information content (AvgIpc) is 3.08. The second-order valence-electron chi connectivity index (χ2n) is 6.61. The van der Waals surface area contributed by atoms with Crippen molar-refractivity contribution in [1.29, 1.82) is 0 Å². The standard InChI is InChI=1S/C20H25ClN2O3/c1-15-5-10-19(26-15)18(23-11-3-2-4-12-23)13-22-20(24)14-25-17-8-6-16(21)7-9-17/h5-10,18H,2-4,11-14H2,1H3,(H,22,24). The highest BCUT2D eigenvalue weighted by Gasteiger charge is 2.25. The van der Waals surface area contributed by atoms with Crippen molar-refractivity contribution in [3.05, 3.63) is 52.9 Å². The summed E-state index contributed by atoms with van der Waals surface area (Å²) in [6, 6.07) is 11.0. The molecule has 1 aliphatic heterocycles. The second-order valence-corrected chi connectivity index (χ2v) is 7.04. The zero-order valence-electron chi connectivity index (χ0n) is 15.0. The molecule has 1 unspecified atom stereocenters. The van der Waals surface area contributed by atoms with Gasteiger partial charge in [-0.25, -0.2) is 0 Å². The summed E-state index contributed by atoms with van der Waals surface area (Å²) in [4.78, 5) is 14.6. The average molecular weight is 377 g/mol. The molecule has 5 nitrogen and oxygen atoms in total. The van der Waals surface area contributed by atoms with E-state index in [0.717, 1.165) is 24.6 Å². The zero-order valence-corrected chi connectivity index (χ0v) is 15.8. The van der Waals surface area contributed by atoms with Gasteiger partial charge in [0.05, 0.1) is 6.04 Å². The monoisotopic (exact) mass is 376 g/mol. The molecule has 140 valence electrons. The molecular formula is C20H25ClN2O3. The Labute approximate surface area is 159 Å². The first-order chi connectivity index (χ1) is 12.6. The fraction of sp³-hybridized carbons (Fsp3) is 0.450. The van der Waals surface area contributed by atoms with Crippen LogP contribution in [0.25, 0.3) is 0 Å². The Kier molecular flexibility index (Phi) is 6.58. The van der Waals surface area contributed by atoms with Crippen molar-refractivity contribution in [3.63, 3.8) is 0 Å². The van der Waals surface area contributed by atoms with Crippen molar-refractivity contribution in [2.75, 3.05) is 26.2 Å². The highest BCUT2D eigenvalue weighted by atomic mass is 35.5. The van der Waals surface area contributed by atoms with Gasteiger partial charge in [0.15, 0.2) is 6.61 Å². The van der Waals surface area contributed by atoms with Crippen LogP contribution in [-0.2, 0) is 4.79 Å². The first-order valence-electron chi connectivity index (χ1n) is 9.07. The summed E-state index contributed by atoms with van der Waals surface area (Å²) in [7, 11) is 0. The maximum atomic E-state index is 12.2. The molecule has 1 atom stereocenters. The lowest BCUT2D eigenvalue weighted by Gasteiger charge is -2.33. The van der Waals surface area contributed by atoms with Crippen LogP contribution in [-0.4, -0.2) is 37.0 Å². The second kappa shape index (κ2) is 9.10. The first-order valence-corrected chi connectivity index (χ1v) is 9.45. The molecule has 1 saturated heterocycles. The number of carbonyl (C=O) groups is 1. The molecular weight excluding hydrogens is 352 g/mol. The van der Waals surface area contributed by atoms with Gasteiger partial charge in [0.25, 0.3) is 5.91 Å². The van der Waals surface area contributed by atoms with Gasteiger partial charge >= 0.3 is 0 Å². The molecule has 1 aromatic carbocycles. The molecule has 2 aromatic rings. The summed E-state index contributed by atoms with van der Waals surface area (Å²) in [5.41, 5.74) is 0. The number of ether oxygens (including phenoxy) is 1. The number of nitrogens with one attached hydrogen (secondary N) is 1. The number of carbonyl (C=O) groups excluding carboxylic acids is 1. The fourth-order valence-electron chi connectivity index (χ4n) is 3.21. The zero-order chi connectivity index (χ0) is 18.4. The smallest absolute Gasteiger partial charge is 0.258 e. The highest BCUT2D eigenvalue weighted by Crippen LogP contribution is 2.25. The fourth-order valence-corrected chi connectivity index (χ4v) is 3.34. The van der Waals surface area contributed by atoms with Crippen molar-refractivity contribution in [2.24, 2.45) is 0 Å². The Balaban J connectivity index is 1.54. The van der Waals surface area contributed by atoms with E-state index in [1.165, 1.54) is 19.3 Å². The van der Waals surface area contributed by atoms with Gasteiger partial charge in [-0.1, -0.05) is 18.0 Å². The third-order valence-electron chi connectivity index (χ3n) is 4.60. The SMILES string of the molecule is Cc1ccc(C(CNC(=O)COc2ccc(Cl)cc2)N2CCCCC2)o1. The lowest BCUT2D eigenvalue weighted by Crippen LogP contribution is -2.41. The van der Waals surface area contributed by atoms with E-state index in [1.54, 1.807) is 24.3 Å². The van der Waals surface area contributed by atoms with E-state index in [9.17, 15) is 4.79 Å². The minimum absolute atomic E-state index is 0.0223. The molecule has 3 rings (SSSR count). The number of aryl methyl sites for hydroxylation is 1. The van der Waals surface area contributed by atoms with Gasteiger partial charge in [0, 0.05) is 11.6 Å². The number of hydrogen-bond acceptors (Lipinski definition) is 4. The molecule has 1 N–H and O–H groups in total. The largest absolute Gasteiger partial charge is 0.484 e. The Morgan fingerprint density at radius 1 is 1.19 bits per heavy atom. The van der Waals surface area contributed by atoms with Gasteiger partial charge in [0.2, 0.25) is 0 Å². The van der Waals surface area contributed by atoms with E-state index in [2.05, 4.69) is 10.2 Å². The van der Waals surface area contributed by atoms with Crippen LogP contribution >= 0.6 is 11.6 Å². The minimum Gasteiger partial charge on any atom is -0.484 e. The number of benzene rings is 1. The number of halogens is 1. The molecule has 0 aliphatic carbocycles. The van der Waals surface area contributed by atoms with Crippen LogP contribution in [0.2, 0.25) is 5.02 Å². The predicted octanol–water partition coefficient (Wildman–Crippen LogP) is 3.96. The van der Waals surface area contributed by atoms with Crippen molar-refractivity contribution in [3.8, 4) is 5.75 Å². The summed E-state index contributed by atoms with van der Waals surface area (Å²) in [5.74, 6) is 2.27. The lowest BCUT2D eigenvalue weighted by molar-refractivity contribution is -0.123. The maximum absolute atomic E-state index is 12.2. The highest BCUT2D eigenvalue weighted by molar-refractivity contribution is 6.30. The normalized spacial score (nSPS) is 16.2. The van der Waals surface area contributed by atoms with Gasteiger partial charge in [-0.15, -0.1) is 0 Å². The summed E-state index contributed by atoms with van der Waals surface area (Å²) in [5, 5.41) is 3.62. The number of likely N-dealkylation sites (tertiary alicyclic amines) is 1. The third kappa shape index (κ3) is 5.26. The maximum Gasteiger partial charge on any atom is 0.258 e. The quantitative estimate of drug-likeness (QED) is 0.794. The molecule has 0 bridgehead atoms. The van der Waals surface area contributed by atoms with Crippen LogP contribution in [0, 0.1) is 6.92 Å². The van der Waals surface area contributed by atoms with E-state index in [-0.39, 0.29) is 18.6 Å². The first kappa shape index (κ1) is 18.8. The Morgan fingerprint density at radius 3 is 2.58 bits per heavy atom. The van der Waals surface area contributed by atoms with E-state index in [0.29, 0.717) is 17.3 Å². The minimum atomic E-state index is -0.148. The van der Waals surface area contributed by atoms with Crippen molar-refractivity contribution in [2.45, 2.75) is 32.2 Å². The summed E-state index contributed by atoms with van der Waals surface area (Å²) in [6.45, 7) is 4.49. The van der Waals surface area contributed by atoms with E-state index in [1.807, 2.05) is 19.1 Å². The van der Waals surface area contributed by atoms with Crippen molar-refractivity contribution in [1.82, 2.24) is 10.2 Å². The molecule has 6 heteroatoms. The van der Waals surface area contributed by atoms with Crippen LogP contribution in [0.3, 0.4) is 0 Å². The lowest BCUT2D eigenvalue weighted by atomic mass is 10.1. The Morgan fingerprint density at radius 2 is 1.92 bits per heavy atom. The van der Waals surface area contributed by atoms with E-state index in [4.69, 9.17) is 20.8 Å². The molecule has 1 aromatic heterocycles. The predicted molar refractivity (Wildman–Crippen MR) is 102 cm³/mol. The van der Waals surface area contributed by atoms with Crippen LogP contribution in [0.4, 0.5) is 0 Å². The summed E-state index contributed by atoms with van der Waals surface area (Å²) >= 11 is 5.84. The van der Waals surface area contributed by atoms with Gasteiger partial charge in [-0.05, 0) is 69.3 Å². The number of rotatable bonds is 7. The number of furan rings is 1. The number of amides is 1. The Hall–Kier alpha value is -1.98. The molecule has 2 heterocycles. The van der Waals surface area contributed by atoms with Gasteiger partial charge in [-0.2, -0.15) is 0 Å². The van der Waals surface area contributed by atoms with Gasteiger partial charge in [0.1, 0.15) is 17.3 Å². The summed E-state index contributed by atoms with van der Waals surface area (Å²) in [6.07, 6.45) is 3.63. The molecule has 1 fully saturated rings. The van der Waals surface area contributed by atoms with Crippen LogP contribution in [0.15, 0.2) is 40.8 Å². The van der Waals surface area contributed by atoms with E-state index >= 15 is 0 Å². The van der Waals surface area contributed by atoms with Gasteiger partial charge < -0.3 is 14.5 Å². The number of piperidine rings is 1. The molecule has 0 saturated carbocycles. The molecule has 1 aliphatic rings. The third-order valence-corrected chi connectivity index (χ3v) is 4.85. The molecule has 0 radical (unpaired) electrons. The van der Waals surface area contributed by atoms with Crippen molar-refractivity contribution >= 4 is 17.5 Å². The van der Waals surface area contributed by atoms with Crippen LogP contribution < -0.4 is 10.1 Å². The molecule has 1 amide bonds. The topological polar surface area (TPSA) is 54.7 Å². The van der Waals surface area contributed by atoms with Crippen LogP contribution in [0.5, 0.6) is 5.75 Å². The number of nitrogens with zero attached hydrogens (tertiary/aromatic N) is 1. The molecule has 26 heavy (non-hydrogen) atoms. The van der Waals surface area contributed by atoms with Gasteiger partial charge in [-0.3, -0.25) is 9.69 Å². The summed E-state index contributed by atoms with van der Waals surface area (Å²) < 4.78 is 11.3. The van der Waals surface area contributed by atoms with Crippen molar-refractivity contribution < 1.29 is 13.9 Å². The molecule has 0 spiro atoms. The van der Waals surface area contributed by atoms with E-state index < -0.39 is 0 Å². The Bertz CT molecular complexity index is 708. The van der Waals surface area contributed by atoms with Crippen LogP contribution in [0.1, 0.15) is 36.8 Å². The number of hydrogen-bond donors (Lipinski definition) is 1.